The van der Waals surface area contributed by atoms with E-state index in [0.29, 0.717) is 13.2 Å². The van der Waals surface area contributed by atoms with Gasteiger partial charge in [-0.3, -0.25) is 0 Å². The highest BCUT2D eigenvalue weighted by Crippen LogP contribution is 2.17. The number of rotatable bonds is 10. The van der Waals surface area contributed by atoms with Gasteiger partial charge >= 0.3 is 0 Å². The molecule has 0 radical (unpaired) electrons. The van der Waals surface area contributed by atoms with E-state index in [-0.39, 0.29) is 12.2 Å². The lowest BCUT2D eigenvalue weighted by atomic mass is 10.0. The largest absolute Gasteiger partial charge is 0.497 e. The molecule has 2 rings (SSSR count). The zero-order chi connectivity index (χ0) is 18.1. The van der Waals surface area contributed by atoms with Gasteiger partial charge in [0.15, 0.2) is 0 Å². The molecule has 0 unspecified atom stereocenters. The molecule has 0 aromatic heterocycles. The topological polar surface area (TPSA) is 27.7 Å². The van der Waals surface area contributed by atoms with Gasteiger partial charge in [-0.15, -0.1) is 0 Å². The third-order valence-corrected chi connectivity index (χ3v) is 4.02. The first-order valence-corrected chi connectivity index (χ1v) is 8.63. The molecule has 0 aliphatic heterocycles. The zero-order valence-corrected chi connectivity index (χ0v) is 15.4. The third-order valence-electron chi connectivity index (χ3n) is 4.02. The summed E-state index contributed by atoms with van der Waals surface area (Å²) in [6, 6.07) is 18.3. The average Bonchev–Trinajstić information content (AvgIpc) is 2.64. The zero-order valence-electron chi connectivity index (χ0n) is 15.4. The highest BCUT2D eigenvalue weighted by molar-refractivity contribution is 5.26. The maximum atomic E-state index is 6.20. The summed E-state index contributed by atoms with van der Waals surface area (Å²) < 4.78 is 17.3. The number of hydrogen-bond donors (Lipinski definition) is 0. The molecule has 0 saturated heterocycles. The van der Waals surface area contributed by atoms with Crippen LogP contribution in [-0.2, 0) is 22.5 Å². The highest BCUT2D eigenvalue weighted by atomic mass is 16.5. The SMILES string of the molecule is C=C(C)CO[C@@H](C)[C@@H](Cc1ccccc1)OCc1ccc(OC)cc1. The van der Waals surface area contributed by atoms with Crippen LogP contribution in [0.25, 0.3) is 0 Å². The minimum atomic E-state index is -0.0242. The normalized spacial score (nSPS) is 13.2. The van der Waals surface area contributed by atoms with Crippen LogP contribution >= 0.6 is 0 Å². The van der Waals surface area contributed by atoms with Gasteiger partial charge in [-0.05, 0) is 37.1 Å². The Kier molecular flexibility index (Phi) is 7.71. The Labute approximate surface area is 151 Å². The molecule has 0 N–H and O–H groups in total. The van der Waals surface area contributed by atoms with Crippen LogP contribution < -0.4 is 4.74 Å². The van der Waals surface area contributed by atoms with E-state index >= 15 is 0 Å². The van der Waals surface area contributed by atoms with Crippen molar-refractivity contribution in [1.29, 1.82) is 0 Å². The van der Waals surface area contributed by atoms with E-state index in [2.05, 4.69) is 37.8 Å². The molecule has 2 atom stereocenters. The molecular formula is C22H28O3. The fourth-order valence-corrected chi connectivity index (χ4v) is 2.51. The van der Waals surface area contributed by atoms with E-state index < -0.39 is 0 Å². The monoisotopic (exact) mass is 340 g/mol. The first-order chi connectivity index (χ1) is 12.1. The van der Waals surface area contributed by atoms with Gasteiger partial charge in [-0.2, -0.15) is 0 Å². The minimum Gasteiger partial charge on any atom is -0.497 e. The third kappa shape index (κ3) is 6.73. The smallest absolute Gasteiger partial charge is 0.118 e. The standard InChI is InChI=1S/C22H28O3/c1-17(2)15-24-18(3)22(14-19-8-6-5-7-9-19)25-16-20-10-12-21(23-4)13-11-20/h5-13,18,22H,1,14-16H2,2-4H3/t18-,22+/m0/s1. The lowest BCUT2D eigenvalue weighted by Crippen LogP contribution is -2.31. The molecule has 134 valence electrons. The van der Waals surface area contributed by atoms with Crippen LogP contribution in [0.4, 0.5) is 0 Å². The van der Waals surface area contributed by atoms with Crippen molar-refractivity contribution in [3.05, 3.63) is 77.9 Å². The van der Waals surface area contributed by atoms with Crippen LogP contribution in [0.1, 0.15) is 25.0 Å². The van der Waals surface area contributed by atoms with Crippen molar-refractivity contribution in [3.63, 3.8) is 0 Å². The number of ether oxygens (including phenoxy) is 3. The molecular weight excluding hydrogens is 312 g/mol. The summed E-state index contributed by atoms with van der Waals surface area (Å²) in [4.78, 5) is 0. The fraction of sp³-hybridized carbons (Fsp3) is 0.364. The maximum absolute atomic E-state index is 6.20. The molecule has 3 heteroatoms. The van der Waals surface area contributed by atoms with E-state index in [1.165, 1.54) is 5.56 Å². The van der Waals surface area contributed by atoms with Crippen LogP contribution in [0.5, 0.6) is 5.75 Å². The molecule has 0 saturated carbocycles. The Morgan fingerprint density at radius 3 is 2.24 bits per heavy atom. The van der Waals surface area contributed by atoms with Crippen molar-refractivity contribution in [3.8, 4) is 5.75 Å². The summed E-state index contributed by atoms with van der Waals surface area (Å²) in [6.45, 7) is 9.03. The summed E-state index contributed by atoms with van der Waals surface area (Å²) in [5.41, 5.74) is 3.37. The van der Waals surface area contributed by atoms with Gasteiger partial charge in [0, 0.05) is 6.42 Å². The van der Waals surface area contributed by atoms with Crippen molar-refractivity contribution < 1.29 is 14.2 Å². The summed E-state index contributed by atoms with van der Waals surface area (Å²) >= 11 is 0. The van der Waals surface area contributed by atoms with E-state index in [1.54, 1.807) is 7.11 Å². The first-order valence-electron chi connectivity index (χ1n) is 8.63. The van der Waals surface area contributed by atoms with Crippen LogP contribution in [-0.4, -0.2) is 25.9 Å². The molecule has 25 heavy (non-hydrogen) atoms. The van der Waals surface area contributed by atoms with E-state index in [0.717, 1.165) is 23.3 Å². The van der Waals surface area contributed by atoms with E-state index in [9.17, 15) is 0 Å². The Morgan fingerprint density at radius 2 is 1.64 bits per heavy atom. The van der Waals surface area contributed by atoms with Gasteiger partial charge in [0.05, 0.1) is 32.5 Å². The molecule has 0 spiro atoms. The first kappa shape index (κ1) is 19.2. The molecule has 2 aromatic carbocycles. The van der Waals surface area contributed by atoms with Crippen molar-refractivity contribution in [2.24, 2.45) is 0 Å². The van der Waals surface area contributed by atoms with Crippen LogP contribution in [0.15, 0.2) is 66.7 Å². The lowest BCUT2D eigenvalue weighted by molar-refractivity contribution is -0.0654. The Balaban J connectivity index is 2.00. The lowest BCUT2D eigenvalue weighted by Gasteiger charge is -2.25. The van der Waals surface area contributed by atoms with Gasteiger partial charge in [-0.1, -0.05) is 54.6 Å². The Hall–Kier alpha value is -2.10. The second kappa shape index (κ2) is 10.0. The highest BCUT2D eigenvalue weighted by Gasteiger charge is 2.19. The van der Waals surface area contributed by atoms with Gasteiger partial charge in [0.25, 0.3) is 0 Å². The van der Waals surface area contributed by atoms with Crippen LogP contribution in [0, 0.1) is 0 Å². The van der Waals surface area contributed by atoms with Gasteiger partial charge in [0.1, 0.15) is 5.75 Å². The van der Waals surface area contributed by atoms with Crippen molar-refractivity contribution in [2.45, 2.75) is 39.1 Å². The van der Waals surface area contributed by atoms with Crippen LogP contribution in [0.3, 0.4) is 0 Å². The average molecular weight is 340 g/mol. The van der Waals surface area contributed by atoms with Crippen LogP contribution in [0.2, 0.25) is 0 Å². The predicted molar refractivity (Wildman–Crippen MR) is 102 cm³/mol. The summed E-state index contributed by atoms with van der Waals surface area (Å²) in [7, 11) is 1.67. The van der Waals surface area contributed by atoms with E-state index in [4.69, 9.17) is 14.2 Å². The molecule has 3 nitrogen and oxygen atoms in total. The van der Waals surface area contributed by atoms with Gasteiger partial charge < -0.3 is 14.2 Å². The second-order valence-electron chi connectivity index (χ2n) is 6.36. The van der Waals surface area contributed by atoms with E-state index in [1.807, 2.05) is 37.3 Å². The number of hydrogen-bond acceptors (Lipinski definition) is 3. The molecule has 0 heterocycles. The second-order valence-corrected chi connectivity index (χ2v) is 6.36. The van der Waals surface area contributed by atoms with Gasteiger partial charge in [0.2, 0.25) is 0 Å². The molecule has 2 aromatic rings. The molecule has 0 aliphatic carbocycles. The molecule has 0 aliphatic rings. The molecule has 0 bridgehead atoms. The van der Waals surface area contributed by atoms with Crippen molar-refractivity contribution >= 4 is 0 Å². The summed E-state index contributed by atoms with van der Waals surface area (Å²) in [5.74, 6) is 0.850. The van der Waals surface area contributed by atoms with Gasteiger partial charge in [-0.25, -0.2) is 0 Å². The summed E-state index contributed by atoms with van der Waals surface area (Å²) in [6.07, 6.45) is 0.771. The van der Waals surface area contributed by atoms with Crippen molar-refractivity contribution in [1.82, 2.24) is 0 Å². The Morgan fingerprint density at radius 1 is 0.960 bits per heavy atom. The maximum Gasteiger partial charge on any atom is 0.118 e. The number of methoxy groups -OCH3 is 1. The quantitative estimate of drug-likeness (QED) is 0.581. The number of benzene rings is 2. The fourth-order valence-electron chi connectivity index (χ4n) is 2.51. The molecule has 0 fully saturated rings. The Bertz CT molecular complexity index is 634. The summed E-state index contributed by atoms with van der Waals surface area (Å²) in [5, 5.41) is 0. The van der Waals surface area contributed by atoms with Crippen molar-refractivity contribution in [2.75, 3.05) is 13.7 Å². The minimum absolute atomic E-state index is 0.0184. The predicted octanol–water partition coefficient (Wildman–Crippen LogP) is 4.80. The molecule has 0 amide bonds.